The van der Waals surface area contributed by atoms with Crippen LogP contribution in [0.5, 0.6) is 0 Å². The topological polar surface area (TPSA) is 69.4 Å². The molecule has 0 unspecified atom stereocenters. The molecule has 2 N–H and O–H groups in total. The minimum Gasteiger partial charge on any atom is -0.461 e. The van der Waals surface area contributed by atoms with Crippen LogP contribution in [0.1, 0.15) is 39.2 Å². The molecule has 0 spiro atoms. The number of esters is 1. The van der Waals surface area contributed by atoms with E-state index in [0.29, 0.717) is 6.42 Å². The molecule has 0 aromatic heterocycles. The lowest BCUT2D eigenvalue weighted by Crippen LogP contribution is -2.39. The van der Waals surface area contributed by atoms with Crippen molar-refractivity contribution < 1.29 is 14.3 Å². The highest BCUT2D eigenvalue weighted by molar-refractivity contribution is 5.88. The summed E-state index contributed by atoms with van der Waals surface area (Å²) in [7, 11) is 0. The number of carbonyl (C=O) groups excluding carboxylic acids is 2. The number of ether oxygens (including phenoxy) is 1. The summed E-state index contributed by atoms with van der Waals surface area (Å²) in [6.07, 6.45) is 0.486. The molecule has 0 bridgehead atoms. The molecule has 4 heteroatoms. The van der Waals surface area contributed by atoms with Gasteiger partial charge in [-0.3, -0.25) is 9.59 Å². The predicted molar refractivity (Wildman–Crippen MR) is 77.9 cm³/mol. The van der Waals surface area contributed by atoms with Gasteiger partial charge in [0.15, 0.2) is 5.78 Å². The Balaban J connectivity index is 2.32. The van der Waals surface area contributed by atoms with Crippen molar-refractivity contribution >= 4 is 11.8 Å². The summed E-state index contributed by atoms with van der Waals surface area (Å²) < 4.78 is 5.14. The van der Waals surface area contributed by atoms with Crippen LogP contribution in [0.4, 0.5) is 0 Å². The lowest BCUT2D eigenvalue weighted by Gasteiger charge is -2.21. The third-order valence-corrected chi connectivity index (χ3v) is 2.98. The minimum absolute atomic E-state index is 0.0339. The van der Waals surface area contributed by atoms with Gasteiger partial charge >= 0.3 is 5.97 Å². The van der Waals surface area contributed by atoms with E-state index in [1.54, 1.807) is 0 Å². The molecule has 0 aliphatic rings. The van der Waals surface area contributed by atoms with E-state index in [2.05, 4.69) is 0 Å². The third-order valence-electron chi connectivity index (χ3n) is 2.98. The Morgan fingerprint density at radius 3 is 2.35 bits per heavy atom. The fourth-order valence-electron chi connectivity index (χ4n) is 1.77. The number of Topliss-reactive ketones (excluding diaryl/α,β-unsaturated/α-hetero) is 1. The fraction of sp³-hybridized carbons (Fsp3) is 0.500. The van der Waals surface area contributed by atoms with Crippen LogP contribution in [-0.2, 0) is 20.9 Å². The maximum Gasteiger partial charge on any atom is 0.306 e. The Morgan fingerprint density at radius 2 is 1.80 bits per heavy atom. The lowest BCUT2D eigenvalue weighted by atomic mass is 9.85. The van der Waals surface area contributed by atoms with Gasteiger partial charge in [0.1, 0.15) is 6.61 Å². The molecule has 0 heterocycles. The zero-order chi connectivity index (χ0) is 15.2. The number of carbonyl (C=O) groups is 2. The number of benzene rings is 1. The zero-order valence-electron chi connectivity index (χ0n) is 12.4. The van der Waals surface area contributed by atoms with Crippen LogP contribution in [0.25, 0.3) is 0 Å². The van der Waals surface area contributed by atoms with E-state index in [4.69, 9.17) is 10.5 Å². The summed E-state index contributed by atoms with van der Waals surface area (Å²) in [5.74, 6) is -0.362. The fourth-order valence-corrected chi connectivity index (χ4v) is 1.77. The Hall–Kier alpha value is -1.68. The van der Waals surface area contributed by atoms with Gasteiger partial charge < -0.3 is 10.5 Å². The summed E-state index contributed by atoms with van der Waals surface area (Å²) in [4.78, 5) is 23.5. The van der Waals surface area contributed by atoms with E-state index in [0.717, 1.165) is 5.56 Å². The van der Waals surface area contributed by atoms with Crippen molar-refractivity contribution in [2.75, 3.05) is 0 Å². The average Bonchev–Trinajstić information content (AvgIpc) is 2.41. The predicted octanol–water partition coefficient (Wildman–Crippen LogP) is 2.45. The average molecular weight is 277 g/mol. The van der Waals surface area contributed by atoms with Crippen LogP contribution in [0.3, 0.4) is 0 Å². The van der Waals surface area contributed by atoms with E-state index >= 15 is 0 Å². The molecule has 1 rings (SSSR count). The number of hydrogen-bond donors (Lipinski definition) is 1. The van der Waals surface area contributed by atoms with Gasteiger partial charge in [-0.2, -0.15) is 0 Å². The second kappa shape index (κ2) is 7.20. The van der Waals surface area contributed by atoms with E-state index < -0.39 is 11.5 Å². The molecule has 0 aliphatic carbocycles. The molecule has 0 saturated carbocycles. The standard InChI is InChI=1S/C16H23NO3/c1-16(2,3)15(19)13(17)9-10-14(18)20-11-12-7-5-4-6-8-12/h4-8,13H,9-11,17H2,1-3H3/t13-/m1/s1. The SMILES string of the molecule is CC(C)(C)C(=O)[C@H](N)CCC(=O)OCc1ccccc1. The van der Waals surface area contributed by atoms with Gasteiger partial charge in [-0.05, 0) is 12.0 Å². The van der Waals surface area contributed by atoms with E-state index in [9.17, 15) is 9.59 Å². The summed E-state index contributed by atoms with van der Waals surface area (Å²) in [5.41, 5.74) is 6.26. The summed E-state index contributed by atoms with van der Waals surface area (Å²) in [6, 6.07) is 8.86. The van der Waals surface area contributed by atoms with Gasteiger partial charge in [-0.15, -0.1) is 0 Å². The van der Waals surface area contributed by atoms with Crippen LogP contribution in [0.2, 0.25) is 0 Å². The number of ketones is 1. The molecule has 0 fully saturated rings. The maximum absolute atomic E-state index is 11.9. The first-order chi connectivity index (χ1) is 9.30. The molecular formula is C16H23NO3. The van der Waals surface area contributed by atoms with Crippen LogP contribution < -0.4 is 5.73 Å². The van der Waals surface area contributed by atoms with Crippen molar-refractivity contribution in [3.05, 3.63) is 35.9 Å². The number of nitrogens with two attached hydrogens (primary N) is 1. The van der Waals surface area contributed by atoms with Crippen molar-refractivity contribution in [3.63, 3.8) is 0 Å². The third kappa shape index (κ3) is 5.53. The van der Waals surface area contributed by atoms with Crippen molar-refractivity contribution in [2.45, 2.75) is 46.3 Å². The van der Waals surface area contributed by atoms with Crippen LogP contribution in [0, 0.1) is 5.41 Å². The highest BCUT2D eigenvalue weighted by Crippen LogP contribution is 2.18. The van der Waals surface area contributed by atoms with Gasteiger partial charge in [0.2, 0.25) is 0 Å². The van der Waals surface area contributed by atoms with Crippen LogP contribution in [0.15, 0.2) is 30.3 Å². The van der Waals surface area contributed by atoms with Crippen LogP contribution >= 0.6 is 0 Å². The van der Waals surface area contributed by atoms with E-state index in [-0.39, 0.29) is 24.8 Å². The van der Waals surface area contributed by atoms with Crippen molar-refractivity contribution in [3.8, 4) is 0 Å². The summed E-state index contributed by atoms with van der Waals surface area (Å²) in [6.45, 7) is 5.72. The first kappa shape index (κ1) is 16.4. The molecule has 1 atom stereocenters. The van der Waals surface area contributed by atoms with Crippen LogP contribution in [-0.4, -0.2) is 17.8 Å². The second-order valence-corrected chi connectivity index (χ2v) is 5.91. The molecule has 0 amide bonds. The lowest BCUT2D eigenvalue weighted by molar-refractivity contribution is -0.145. The maximum atomic E-state index is 11.9. The number of rotatable bonds is 6. The normalized spacial score (nSPS) is 12.8. The molecule has 110 valence electrons. The van der Waals surface area contributed by atoms with Crippen molar-refractivity contribution in [2.24, 2.45) is 11.1 Å². The summed E-state index contributed by atoms with van der Waals surface area (Å²) in [5, 5.41) is 0. The van der Waals surface area contributed by atoms with Gasteiger partial charge in [0.25, 0.3) is 0 Å². The van der Waals surface area contributed by atoms with Crippen molar-refractivity contribution in [1.29, 1.82) is 0 Å². The molecule has 1 aromatic rings. The van der Waals surface area contributed by atoms with Gasteiger partial charge in [-0.25, -0.2) is 0 Å². The van der Waals surface area contributed by atoms with Gasteiger partial charge in [0, 0.05) is 11.8 Å². The zero-order valence-corrected chi connectivity index (χ0v) is 12.4. The first-order valence-corrected chi connectivity index (χ1v) is 6.80. The molecule has 0 radical (unpaired) electrons. The molecule has 0 aliphatic heterocycles. The van der Waals surface area contributed by atoms with E-state index in [1.165, 1.54) is 0 Å². The smallest absolute Gasteiger partial charge is 0.306 e. The Labute approximate surface area is 120 Å². The van der Waals surface area contributed by atoms with Gasteiger partial charge in [-0.1, -0.05) is 51.1 Å². The quantitative estimate of drug-likeness (QED) is 0.811. The molecule has 20 heavy (non-hydrogen) atoms. The first-order valence-electron chi connectivity index (χ1n) is 6.80. The van der Waals surface area contributed by atoms with Gasteiger partial charge in [0.05, 0.1) is 6.04 Å². The largest absolute Gasteiger partial charge is 0.461 e. The molecular weight excluding hydrogens is 254 g/mol. The second-order valence-electron chi connectivity index (χ2n) is 5.91. The Kier molecular flexibility index (Phi) is 5.89. The monoisotopic (exact) mass is 277 g/mol. The number of hydrogen-bond acceptors (Lipinski definition) is 4. The summed E-state index contributed by atoms with van der Waals surface area (Å²) >= 11 is 0. The Bertz CT molecular complexity index is 449. The van der Waals surface area contributed by atoms with Crippen molar-refractivity contribution in [1.82, 2.24) is 0 Å². The minimum atomic E-state index is -0.612. The highest BCUT2D eigenvalue weighted by atomic mass is 16.5. The molecule has 1 aromatic carbocycles. The van der Waals surface area contributed by atoms with E-state index in [1.807, 2.05) is 51.1 Å². The Morgan fingerprint density at radius 1 is 1.20 bits per heavy atom. The highest BCUT2D eigenvalue weighted by Gasteiger charge is 2.27. The molecule has 0 saturated heterocycles. The molecule has 4 nitrogen and oxygen atoms in total.